The Balaban J connectivity index is 1.49. The lowest BCUT2D eigenvalue weighted by atomic mass is 9.86. The summed E-state index contributed by atoms with van der Waals surface area (Å²) in [5, 5.41) is 1.13. The molecule has 1 aromatic heterocycles. The van der Waals surface area contributed by atoms with Crippen LogP contribution in [-0.4, -0.2) is 52.8 Å². The second-order valence-corrected chi connectivity index (χ2v) is 8.92. The van der Waals surface area contributed by atoms with Gasteiger partial charge in [-0.05, 0) is 48.1 Å². The van der Waals surface area contributed by atoms with Crippen LogP contribution in [-0.2, 0) is 16.0 Å². The van der Waals surface area contributed by atoms with Crippen LogP contribution in [0.4, 0.5) is 0 Å². The summed E-state index contributed by atoms with van der Waals surface area (Å²) in [5.41, 5.74) is 4.18. The van der Waals surface area contributed by atoms with Crippen molar-refractivity contribution < 1.29 is 14.3 Å². The molecule has 2 atom stereocenters. The second kappa shape index (κ2) is 6.87. The van der Waals surface area contributed by atoms with Crippen LogP contribution in [0.2, 0.25) is 0 Å². The topological polar surface area (TPSA) is 65.6 Å². The molecule has 1 saturated carbocycles. The molecule has 0 bridgehead atoms. The van der Waals surface area contributed by atoms with Crippen molar-refractivity contribution in [3.63, 3.8) is 0 Å². The van der Waals surface area contributed by atoms with Crippen molar-refractivity contribution in [2.75, 3.05) is 20.2 Å². The first-order chi connectivity index (χ1) is 15.1. The number of carbonyl (C=O) groups is 2. The molecule has 2 aromatic carbocycles. The number of aromatic amines is 1. The first kappa shape index (κ1) is 18.5. The molecule has 3 aromatic rings. The van der Waals surface area contributed by atoms with Gasteiger partial charge in [0.15, 0.2) is 0 Å². The zero-order valence-electron chi connectivity index (χ0n) is 17.5. The van der Waals surface area contributed by atoms with E-state index in [1.807, 2.05) is 41.3 Å². The Hall–Kier alpha value is -3.28. The van der Waals surface area contributed by atoms with E-state index in [1.54, 1.807) is 12.0 Å². The number of para-hydroxylation sites is 1. The molecule has 6 nitrogen and oxygen atoms in total. The number of methoxy groups -OCH3 is 1. The van der Waals surface area contributed by atoms with E-state index in [-0.39, 0.29) is 24.4 Å². The number of piperazine rings is 1. The summed E-state index contributed by atoms with van der Waals surface area (Å²) in [6, 6.07) is 15.2. The molecule has 0 unspecified atom stereocenters. The molecule has 2 aliphatic heterocycles. The maximum Gasteiger partial charge on any atom is 0.246 e. The number of nitrogens with zero attached hydrogens (tertiary/aromatic N) is 2. The Kier molecular flexibility index (Phi) is 4.10. The lowest BCUT2D eigenvalue weighted by molar-refractivity contribution is -0.158. The molecule has 1 N–H and O–H groups in total. The monoisotopic (exact) mass is 415 g/mol. The summed E-state index contributed by atoms with van der Waals surface area (Å²) >= 11 is 0. The molecule has 158 valence electrons. The van der Waals surface area contributed by atoms with Crippen molar-refractivity contribution in [2.24, 2.45) is 5.92 Å². The number of amides is 2. The van der Waals surface area contributed by atoms with Gasteiger partial charge in [-0.25, -0.2) is 0 Å². The van der Waals surface area contributed by atoms with Crippen molar-refractivity contribution in [1.82, 2.24) is 14.8 Å². The van der Waals surface area contributed by atoms with Crippen LogP contribution in [0.5, 0.6) is 5.75 Å². The lowest BCUT2D eigenvalue weighted by Crippen LogP contribution is -2.63. The number of rotatable bonds is 4. The van der Waals surface area contributed by atoms with Gasteiger partial charge in [-0.3, -0.25) is 9.59 Å². The fraction of sp³-hybridized carbons (Fsp3) is 0.360. The van der Waals surface area contributed by atoms with E-state index < -0.39 is 6.04 Å². The summed E-state index contributed by atoms with van der Waals surface area (Å²) in [4.78, 5) is 34.1. The highest BCUT2D eigenvalue weighted by atomic mass is 16.5. The van der Waals surface area contributed by atoms with Crippen molar-refractivity contribution in [1.29, 1.82) is 0 Å². The summed E-state index contributed by atoms with van der Waals surface area (Å²) in [6.07, 6.45) is 2.87. The van der Waals surface area contributed by atoms with Crippen molar-refractivity contribution in [3.05, 3.63) is 65.4 Å². The summed E-state index contributed by atoms with van der Waals surface area (Å²) in [5.74, 6) is 1.44. The predicted octanol–water partition coefficient (Wildman–Crippen LogP) is 3.27. The number of fused-ring (bicyclic) bond motifs is 4. The largest absolute Gasteiger partial charge is 0.497 e. The first-order valence-electron chi connectivity index (χ1n) is 11.0. The fourth-order valence-electron chi connectivity index (χ4n) is 5.22. The van der Waals surface area contributed by atoms with Crippen LogP contribution in [0.25, 0.3) is 10.9 Å². The Morgan fingerprint density at radius 1 is 1.06 bits per heavy atom. The first-order valence-corrected chi connectivity index (χ1v) is 11.0. The summed E-state index contributed by atoms with van der Waals surface area (Å²) in [6.45, 7) is 0.886. The van der Waals surface area contributed by atoms with Gasteiger partial charge in [-0.1, -0.05) is 30.3 Å². The third-order valence-corrected chi connectivity index (χ3v) is 6.95. The number of nitrogens with one attached hydrogen (secondary N) is 1. The third kappa shape index (κ3) is 2.92. The van der Waals surface area contributed by atoms with Crippen LogP contribution in [0.15, 0.2) is 48.5 Å². The van der Waals surface area contributed by atoms with Gasteiger partial charge in [0.1, 0.15) is 11.8 Å². The molecule has 2 amide bonds. The minimum atomic E-state index is -0.459. The second-order valence-electron chi connectivity index (χ2n) is 8.92. The quantitative estimate of drug-likeness (QED) is 0.711. The van der Waals surface area contributed by atoms with Gasteiger partial charge in [0.05, 0.1) is 19.7 Å². The van der Waals surface area contributed by atoms with Crippen molar-refractivity contribution >= 4 is 22.7 Å². The average molecular weight is 415 g/mol. The maximum absolute atomic E-state index is 13.5. The normalized spacial score (nSPS) is 23.1. The van der Waals surface area contributed by atoms with E-state index in [4.69, 9.17) is 4.74 Å². The number of hydrogen-bond donors (Lipinski definition) is 1. The van der Waals surface area contributed by atoms with Crippen molar-refractivity contribution in [3.8, 4) is 5.75 Å². The van der Waals surface area contributed by atoms with Crippen LogP contribution in [0.3, 0.4) is 0 Å². The molecule has 6 rings (SSSR count). The lowest BCUT2D eigenvalue weighted by Gasteiger charge is -2.47. The molecular formula is C25H25N3O3. The minimum absolute atomic E-state index is 0.0235. The standard InChI is InChI=1S/C25H25N3O3/c1-31-17-10-8-16(9-11-17)24-23-19(18-4-2-3-5-20(18)26-23)12-21-25(30)27(13-15-6-7-15)14-22(29)28(21)24/h2-5,8-11,15,21,24,26H,6-7,12-14H2,1H3/t21-,24-/m0/s1. The van der Waals surface area contributed by atoms with E-state index >= 15 is 0 Å². The van der Waals surface area contributed by atoms with Gasteiger partial charge in [-0.15, -0.1) is 0 Å². The van der Waals surface area contributed by atoms with Crippen LogP contribution >= 0.6 is 0 Å². The molecule has 0 spiro atoms. The SMILES string of the molecule is COc1ccc([C@H]2c3[nH]c4ccccc4c3C[C@H]3C(=O)N(CC4CC4)CC(=O)N23)cc1. The summed E-state index contributed by atoms with van der Waals surface area (Å²) in [7, 11) is 1.64. The molecule has 3 heterocycles. The number of benzene rings is 2. The van der Waals surface area contributed by atoms with E-state index in [2.05, 4.69) is 17.1 Å². The number of H-pyrrole nitrogens is 1. The van der Waals surface area contributed by atoms with Crippen LogP contribution in [0.1, 0.15) is 35.7 Å². The molecule has 0 radical (unpaired) electrons. The van der Waals surface area contributed by atoms with E-state index in [0.717, 1.165) is 46.3 Å². The average Bonchev–Trinajstić information content (AvgIpc) is 3.54. The minimum Gasteiger partial charge on any atom is -0.497 e. The van der Waals surface area contributed by atoms with E-state index in [9.17, 15) is 9.59 Å². The molecule has 1 aliphatic carbocycles. The fourth-order valence-corrected chi connectivity index (χ4v) is 5.22. The Labute approximate surface area is 180 Å². The van der Waals surface area contributed by atoms with E-state index in [1.165, 1.54) is 0 Å². The molecule has 3 aliphatic rings. The number of ether oxygens (including phenoxy) is 1. The predicted molar refractivity (Wildman–Crippen MR) is 117 cm³/mol. The van der Waals surface area contributed by atoms with Crippen LogP contribution < -0.4 is 4.74 Å². The Morgan fingerprint density at radius 2 is 1.84 bits per heavy atom. The highest BCUT2D eigenvalue weighted by Crippen LogP contribution is 2.43. The maximum atomic E-state index is 13.5. The van der Waals surface area contributed by atoms with Crippen LogP contribution in [0, 0.1) is 5.92 Å². The highest BCUT2D eigenvalue weighted by molar-refractivity contribution is 5.97. The van der Waals surface area contributed by atoms with Gasteiger partial charge < -0.3 is 19.5 Å². The Morgan fingerprint density at radius 3 is 2.58 bits per heavy atom. The molecule has 6 heteroatoms. The smallest absolute Gasteiger partial charge is 0.246 e. The van der Waals surface area contributed by atoms with Crippen molar-refractivity contribution in [2.45, 2.75) is 31.3 Å². The Bertz CT molecular complexity index is 1180. The van der Waals surface area contributed by atoms with E-state index in [0.29, 0.717) is 18.9 Å². The molecule has 31 heavy (non-hydrogen) atoms. The van der Waals surface area contributed by atoms with Gasteiger partial charge in [0, 0.05) is 29.6 Å². The number of aromatic nitrogens is 1. The number of hydrogen-bond acceptors (Lipinski definition) is 3. The summed E-state index contributed by atoms with van der Waals surface area (Å²) < 4.78 is 5.33. The van der Waals surface area contributed by atoms with Gasteiger partial charge in [0.25, 0.3) is 0 Å². The third-order valence-electron chi connectivity index (χ3n) is 6.95. The van der Waals surface area contributed by atoms with Gasteiger partial charge >= 0.3 is 0 Å². The van der Waals surface area contributed by atoms with Gasteiger partial charge in [-0.2, -0.15) is 0 Å². The molecule has 2 fully saturated rings. The molecular weight excluding hydrogens is 390 g/mol. The number of carbonyl (C=O) groups excluding carboxylic acids is 2. The zero-order chi connectivity index (χ0) is 21.1. The molecule has 1 saturated heterocycles. The highest BCUT2D eigenvalue weighted by Gasteiger charge is 2.48. The zero-order valence-corrected chi connectivity index (χ0v) is 17.5. The van der Waals surface area contributed by atoms with Gasteiger partial charge in [0.2, 0.25) is 11.8 Å².